The number of carbonyl (C=O) groups excluding carboxylic acids is 1. The number of fused-ring (bicyclic) bond motifs is 1. The second-order valence-electron chi connectivity index (χ2n) is 7.30. The molecule has 0 aliphatic carbocycles. The SMILES string of the molecule is O=C(c1cc(-c2ccncc2)n[nH]1)N1C[C@@H]2CNC[C@@H]2[C@H]1c1ccccc1. The average molecular weight is 359 g/mol. The van der Waals surface area contributed by atoms with Crippen molar-refractivity contribution in [3.63, 3.8) is 0 Å². The number of amides is 1. The van der Waals surface area contributed by atoms with Gasteiger partial charge in [-0.2, -0.15) is 5.10 Å². The maximum Gasteiger partial charge on any atom is 0.272 e. The monoisotopic (exact) mass is 359 g/mol. The van der Waals surface area contributed by atoms with E-state index in [9.17, 15) is 4.79 Å². The maximum absolute atomic E-state index is 13.3. The van der Waals surface area contributed by atoms with Crippen LogP contribution in [0.4, 0.5) is 0 Å². The summed E-state index contributed by atoms with van der Waals surface area (Å²) in [5.41, 5.74) is 3.45. The summed E-state index contributed by atoms with van der Waals surface area (Å²) in [6.07, 6.45) is 3.46. The fraction of sp³-hybridized carbons (Fsp3) is 0.286. The van der Waals surface area contributed by atoms with Crippen LogP contribution < -0.4 is 5.32 Å². The molecule has 27 heavy (non-hydrogen) atoms. The number of pyridine rings is 1. The molecule has 0 unspecified atom stereocenters. The molecule has 2 aliphatic heterocycles. The highest BCUT2D eigenvalue weighted by atomic mass is 16.2. The Morgan fingerprint density at radius 2 is 1.89 bits per heavy atom. The predicted octanol–water partition coefficient (Wildman–Crippen LogP) is 2.50. The second kappa shape index (κ2) is 6.63. The molecule has 0 spiro atoms. The number of benzene rings is 1. The molecule has 2 aromatic heterocycles. The van der Waals surface area contributed by atoms with Crippen molar-refractivity contribution in [3.8, 4) is 11.3 Å². The zero-order valence-corrected chi connectivity index (χ0v) is 14.9. The number of aromatic nitrogens is 3. The highest BCUT2D eigenvalue weighted by Gasteiger charge is 2.47. The molecule has 6 nitrogen and oxygen atoms in total. The van der Waals surface area contributed by atoms with E-state index in [1.165, 1.54) is 5.56 Å². The minimum absolute atomic E-state index is 0.0195. The minimum Gasteiger partial charge on any atom is -0.330 e. The lowest BCUT2D eigenvalue weighted by Gasteiger charge is -2.28. The van der Waals surface area contributed by atoms with E-state index in [1.807, 2.05) is 41.3 Å². The van der Waals surface area contributed by atoms with Gasteiger partial charge in [0.1, 0.15) is 5.69 Å². The Morgan fingerprint density at radius 3 is 2.70 bits per heavy atom. The summed E-state index contributed by atoms with van der Waals surface area (Å²) in [4.78, 5) is 19.4. The zero-order valence-electron chi connectivity index (χ0n) is 14.9. The minimum atomic E-state index is 0.0195. The van der Waals surface area contributed by atoms with Crippen molar-refractivity contribution < 1.29 is 4.79 Å². The van der Waals surface area contributed by atoms with Gasteiger partial charge in [0.15, 0.2) is 0 Å². The van der Waals surface area contributed by atoms with Gasteiger partial charge >= 0.3 is 0 Å². The van der Waals surface area contributed by atoms with Crippen LogP contribution in [0.3, 0.4) is 0 Å². The van der Waals surface area contributed by atoms with Crippen LogP contribution in [-0.2, 0) is 0 Å². The van der Waals surface area contributed by atoms with E-state index in [2.05, 4.69) is 32.6 Å². The molecule has 0 radical (unpaired) electrons. The van der Waals surface area contributed by atoms with Crippen molar-refractivity contribution in [1.82, 2.24) is 25.4 Å². The van der Waals surface area contributed by atoms with E-state index < -0.39 is 0 Å². The van der Waals surface area contributed by atoms with Gasteiger partial charge in [0, 0.05) is 43.5 Å². The Hall–Kier alpha value is -2.99. The smallest absolute Gasteiger partial charge is 0.272 e. The fourth-order valence-electron chi connectivity index (χ4n) is 4.46. The number of aromatic amines is 1. The maximum atomic E-state index is 13.3. The highest BCUT2D eigenvalue weighted by Crippen LogP contribution is 2.43. The van der Waals surface area contributed by atoms with Crippen LogP contribution in [0, 0.1) is 11.8 Å². The van der Waals surface area contributed by atoms with Crippen LogP contribution in [0.25, 0.3) is 11.3 Å². The van der Waals surface area contributed by atoms with E-state index in [1.54, 1.807) is 12.4 Å². The fourth-order valence-corrected chi connectivity index (χ4v) is 4.46. The third-order valence-electron chi connectivity index (χ3n) is 5.75. The first kappa shape index (κ1) is 16.2. The molecule has 0 bridgehead atoms. The van der Waals surface area contributed by atoms with Gasteiger partial charge in [-0.3, -0.25) is 14.9 Å². The van der Waals surface area contributed by atoms with Crippen molar-refractivity contribution >= 4 is 5.91 Å². The Labute approximate surface area is 157 Å². The molecule has 2 fully saturated rings. The number of hydrogen-bond acceptors (Lipinski definition) is 4. The zero-order chi connectivity index (χ0) is 18.2. The van der Waals surface area contributed by atoms with Crippen LogP contribution in [0.15, 0.2) is 60.9 Å². The number of nitrogens with one attached hydrogen (secondary N) is 2. The van der Waals surface area contributed by atoms with Crippen LogP contribution in [0.5, 0.6) is 0 Å². The molecule has 3 atom stereocenters. The standard InChI is InChI=1S/C21H21N5O/c27-21(19-10-18(24-25-19)14-6-8-22-9-7-14)26-13-16-11-23-12-17(16)20(26)15-4-2-1-3-5-15/h1-10,16-17,20,23H,11-13H2,(H,24,25)/t16-,17-,20+/m0/s1. The molecule has 6 heteroatoms. The summed E-state index contributed by atoms with van der Waals surface area (Å²) in [6, 6.07) is 16.1. The average Bonchev–Trinajstić information content (AvgIpc) is 3.44. The van der Waals surface area contributed by atoms with Gasteiger partial charge in [0.25, 0.3) is 5.91 Å². The lowest BCUT2D eigenvalue weighted by atomic mass is 9.89. The number of carbonyl (C=O) groups is 1. The normalized spacial score (nSPS) is 24.1. The highest BCUT2D eigenvalue weighted by molar-refractivity contribution is 5.94. The summed E-state index contributed by atoms with van der Waals surface area (Å²) < 4.78 is 0. The first-order chi connectivity index (χ1) is 13.3. The number of likely N-dealkylation sites (tertiary alicyclic amines) is 1. The van der Waals surface area contributed by atoms with Crippen molar-refractivity contribution in [1.29, 1.82) is 0 Å². The van der Waals surface area contributed by atoms with Gasteiger partial charge < -0.3 is 10.2 Å². The molecule has 1 amide bonds. The molecular formula is C21H21N5O. The van der Waals surface area contributed by atoms with E-state index in [4.69, 9.17) is 0 Å². The number of hydrogen-bond donors (Lipinski definition) is 2. The Kier molecular flexibility index (Phi) is 3.98. The quantitative estimate of drug-likeness (QED) is 0.754. The first-order valence-corrected chi connectivity index (χ1v) is 9.34. The largest absolute Gasteiger partial charge is 0.330 e. The molecule has 136 valence electrons. The molecule has 2 saturated heterocycles. The Morgan fingerprint density at radius 1 is 1.07 bits per heavy atom. The first-order valence-electron chi connectivity index (χ1n) is 9.34. The third kappa shape index (κ3) is 2.82. The second-order valence-corrected chi connectivity index (χ2v) is 7.30. The lowest BCUT2D eigenvalue weighted by Crippen LogP contribution is -2.34. The van der Waals surface area contributed by atoms with Crippen LogP contribution in [0.2, 0.25) is 0 Å². The van der Waals surface area contributed by atoms with Crippen molar-refractivity contribution in [2.75, 3.05) is 19.6 Å². The molecule has 2 N–H and O–H groups in total. The molecule has 3 aromatic rings. The molecule has 0 saturated carbocycles. The number of H-pyrrole nitrogens is 1. The van der Waals surface area contributed by atoms with Gasteiger partial charge in [-0.05, 0) is 29.7 Å². The molecule has 1 aromatic carbocycles. The Balaban J connectivity index is 1.46. The van der Waals surface area contributed by atoms with Gasteiger partial charge in [0.05, 0.1) is 11.7 Å². The molecule has 4 heterocycles. The van der Waals surface area contributed by atoms with Crippen LogP contribution in [-0.4, -0.2) is 45.6 Å². The van der Waals surface area contributed by atoms with Crippen LogP contribution >= 0.6 is 0 Å². The third-order valence-corrected chi connectivity index (χ3v) is 5.75. The van der Waals surface area contributed by atoms with Crippen molar-refractivity contribution in [2.24, 2.45) is 11.8 Å². The number of nitrogens with zero attached hydrogens (tertiary/aromatic N) is 3. The molecule has 5 rings (SSSR count). The van der Waals surface area contributed by atoms with Crippen LogP contribution in [0.1, 0.15) is 22.1 Å². The molecule has 2 aliphatic rings. The van der Waals surface area contributed by atoms with Gasteiger partial charge in [0.2, 0.25) is 0 Å². The van der Waals surface area contributed by atoms with E-state index in [-0.39, 0.29) is 11.9 Å². The van der Waals surface area contributed by atoms with E-state index in [0.717, 1.165) is 30.9 Å². The van der Waals surface area contributed by atoms with E-state index >= 15 is 0 Å². The van der Waals surface area contributed by atoms with Gasteiger partial charge in [-0.1, -0.05) is 30.3 Å². The van der Waals surface area contributed by atoms with Gasteiger partial charge in [-0.25, -0.2) is 0 Å². The predicted molar refractivity (Wildman–Crippen MR) is 102 cm³/mol. The lowest BCUT2D eigenvalue weighted by molar-refractivity contribution is 0.0708. The summed E-state index contributed by atoms with van der Waals surface area (Å²) >= 11 is 0. The Bertz CT molecular complexity index is 939. The van der Waals surface area contributed by atoms with Gasteiger partial charge in [-0.15, -0.1) is 0 Å². The van der Waals surface area contributed by atoms with Crippen molar-refractivity contribution in [2.45, 2.75) is 6.04 Å². The summed E-state index contributed by atoms with van der Waals surface area (Å²) in [5.74, 6) is 0.978. The number of rotatable bonds is 3. The summed E-state index contributed by atoms with van der Waals surface area (Å²) in [5, 5.41) is 10.8. The van der Waals surface area contributed by atoms with Crippen molar-refractivity contribution in [3.05, 3.63) is 72.2 Å². The van der Waals surface area contributed by atoms with E-state index in [0.29, 0.717) is 17.5 Å². The topological polar surface area (TPSA) is 73.9 Å². The molecular weight excluding hydrogens is 338 g/mol. The summed E-state index contributed by atoms with van der Waals surface area (Å²) in [6.45, 7) is 2.71. The summed E-state index contributed by atoms with van der Waals surface area (Å²) in [7, 11) is 0.